The van der Waals surface area contributed by atoms with E-state index in [0.29, 0.717) is 17.9 Å². The number of carbonyl (C=O) groups excluding carboxylic acids is 1. The highest BCUT2D eigenvalue weighted by Crippen LogP contribution is 2.25. The van der Waals surface area contributed by atoms with E-state index in [0.717, 1.165) is 0 Å². The van der Waals surface area contributed by atoms with E-state index >= 15 is 0 Å². The maximum Gasteiger partial charge on any atom is 0.260 e. The lowest BCUT2D eigenvalue weighted by atomic mass is 10.1. The maximum absolute atomic E-state index is 13.0. The number of rotatable bonds is 5. The smallest absolute Gasteiger partial charge is 0.260 e. The van der Waals surface area contributed by atoms with Crippen molar-refractivity contribution in [3.05, 3.63) is 29.6 Å². The summed E-state index contributed by atoms with van der Waals surface area (Å²) in [6, 6.07) is 3.85. The van der Waals surface area contributed by atoms with E-state index in [1.54, 1.807) is 7.05 Å². The van der Waals surface area contributed by atoms with Crippen LogP contribution in [0.3, 0.4) is 0 Å². The lowest BCUT2D eigenvalue weighted by Crippen LogP contribution is -2.31. The molecular formula is C13H18FNO3. The molecular weight excluding hydrogens is 237 g/mol. The van der Waals surface area contributed by atoms with E-state index in [1.165, 1.54) is 30.0 Å². The summed E-state index contributed by atoms with van der Waals surface area (Å²) in [5.74, 6) is -0.294. The standard InChI is InChI=1S/C13H18FNO3/c1-4-15(3)13(17)8-18-12-6-5-10(14)7-11(12)9(2)16/h5-7,9,16H,4,8H2,1-3H3/t9-/m0/s1. The molecule has 0 bridgehead atoms. The number of aliphatic hydroxyl groups excluding tert-OH is 1. The second-order valence-corrected chi connectivity index (χ2v) is 4.05. The van der Waals surface area contributed by atoms with Crippen LogP contribution in [0, 0.1) is 5.82 Å². The number of nitrogens with zero attached hydrogens (tertiary/aromatic N) is 1. The molecule has 4 nitrogen and oxygen atoms in total. The number of likely N-dealkylation sites (N-methyl/N-ethyl adjacent to an activating group) is 1. The summed E-state index contributed by atoms with van der Waals surface area (Å²) in [4.78, 5) is 13.1. The zero-order valence-electron chi connectivity index (χ0n) is 10.8. The number of hydrogen-bond acceptors (Lipinski definition) is 3. The topological polar surface area (TPSA) is 49.8 Å². The Hall–Kier alpha value is -1.62. The van der Waals surface area contributed by atoms with Gasteiger partial charge in [0.2, 0.25) is 0 Å². The Bertz CT molecular complexity index is 421. The number of ether oxygens (including phenoxy) is 1. The molecule has 1 amide bonds. The van der Waals surface area contributed by atoms with Crippen molar-refractivity contribution in [1.29, 1.82) is 0 Å². The third kappa shape index (κ3) is 3.70. The van der Waals surface area contributed by atoms with E-state index in [4.69, 9.17) is 4.74 Å². The summed E-state index contributed by atoms with van der Waals surface area (Å²) >= 11 is 0. The SMILES string of the molecule is CCN(C)C(=O)COc1ccc(F)cc1[C@H](C)O. The zero-order chi connectivity index (χ0) is 13.7. The lowest BCUT2D eigenvalue weighted by Gasteiger charge is -2.17. The first-order valence-electron chi connectivity index (χ1n) is 5.80. The molecule has 18 heavy (non-hydrogen) atoms. The second-order valence-electron chi connectivity index (χ2n) is 4.05. The third-order valence-electron chi connectivity index (χ3n) is 2.67. The van der Waals surface area contributed by atoms with E-state index in [2.05, 4.69) is 0 Å². The first kappa shape index (κ1) is 14.4. The summed E-state index contributed by atoms with van der Waals surface area (Å²) < 4.78 is 18.4. The molecule has 1 atom stereocenters. The number of carbonyl (C=O) groups is 1. The Balaban J connectivity index is 2.76. The molecule has 0 spiro atoms. The quantitative estimate of drug-likeness (QED) is 0.871. The summed E-state index contributed by atoms with van der Waals surface area (Å²) in [5.41, 5.74) is 0.335. The highest BCUT2D eigenvalue weighted by Gasteiger charge is 2.13. The van der Waals surface area contributed by atoms with Crippen molar-refractivity contribution in [1.82, 2.24) is 4.90 Å². The minimum absolute atomic E-state index is 0.129. The van der Waals surface area contributed by atoms with Crippen molar-refractivity contribution in [3.8, 4) is 5.75 Å². The van der Waals surface area contributed by atoms with Crippen LogP contribution in [0.15, 0.2) is 18.2 Å². The third-order valence-corrected chi connectivity index (χ3v) is 2.67. The number of hydrogen-bond donors (Lipinski definition) is 1. The van der Waals surface area contributed by atoms with Crippen LogP contribution in [0.5, 0.6) is 5.75 Å². The first-order valence-corrected chi connectivity index (χ1v) is 5.80. The molecule has 0 aromatic heterocycles. The summed E-state index contributed by atoms with van der Waals surface area (Å²) in [6.07, 6.45) is -0.852. The van der Waals surface area contributed by atoms with Gasteiger partial charge in [-0.2, -0.15) is 0 Å². The molecule has 1 aromatic carbocycles. The van der Waals surface area contributed by atoms with Crippen LogP contribution in [0.25, 0.3) is 0 Å². The molecule has 5 heteroatoms. The molecule has 0 fully saturated rings. The molecule has 0 saturated heterocycles. The molecule has 0 aliphatic carbocycles. The van der Waals surface area contributed by atoms with Crippen molar-refractivity contribution in [3.63, 3.8) is 0 Å². The number of amides is 1. The fourth-order valence-corrected chi connectivity index (χ4v) is 1.40. The maximum atomic E-state index is 13.0. The van der Waals surface area contributed by atoms with Crippen molar-refractivity contribution in [2.75, 3.05) is 20.2 Å². The minimum atomic E-state index is -0.852. The fraction of sp³-hybridized carbons (Fsp3) is 0.462. The van der Waals surface area contributed by atoms with Gasteiger partial charge in [0.25, 0.3) is 5.91 Å². The molecule has 0 aliphatic rings. The average Bonchev–Trinajstić information content (AvgIpc) is 2.35. The van der Waals surface area contributed by atoms with Crippen molar-refractivity contribution < 1.29 is 19.0 Å². The Morgan fingerprint density at radius 2 is 2.22 bits per heavy atom. The molecule has 1 N–H and O–H groups in total. The second kappa shape index (κ2) is 6.35. The molecule has 0 saturated carbocycles. The lowest BCUT2D eigenvalue weighted by molar-refractivity contribution is -0.131. The van der Waals surface area contributed by atoms with Gasteiger partial charge in [-0.15, -0.1) is 0 Å². The van der Waals surface area contributed by atoms with Crippen LogP contribution >= 0.6 is 0 Å². The van der Waals surface area contributed by atoms with Crippen molar-refractivity contribution in [2.45, 2.75) is 20.0 Å². The van der Waals surface area contributed by atoms with Gasteiger partial charge in [-0.1, -0.05) is 0 Å². The monoisotopic (exact) mass is 255 g/mol. The molecule has 0 unspecified atom stereocenters. The van der Waals surface area contributed by atoms with E-state index in [9.17, 15) is 14.3 Å². The van der Waals surface area contributed by atoms with Crippen LogP contribution in [0.1, 0.15) is 25.5 Å². The van der Waals surface area contributed by atoms with E-state index in [1.807, 2.05) is 6.92 Å². The van der Waals surface area contributed by atoms with Gasteiger partial charge >= 0.3 is 0 Å². The highest BCUT2D eigenvalue weighted by atomic mass is 19.1. The molecule has 0 radical (unpaired) electrons. The van der Waals surface area contributed by atoms with Gasteiger partial charge in [-0.3, -0.25) is 4.79 Å². The van der Waals surface area contributed by atoms with Gasteiger partial charge in [0.1, 0.15) is 11.6 Å². The predicted octanol–water partition coefficient (Wildman–Crippen LogP) is 1.74. The van der Waals surface area contributed by atoms with E-state index < -0.39 is 11.9 Å². The summed E-state index contributed by atoms with van der Waals surface area (Å²) in [6.45, 7) is 3.84. The number of aliphatic hydroxyl groups is 1. The van der Waals surface area contributed by atoms with Crippen molar-refractivity contribution >= 4 is 5.91 Å². The van der Waals surface area contributed by atoms with Crippen LogP contribution in [-0.2, 0) is 4.79 Å². The van der Waals surface area contributed by atoms with Gasteiger partial charge in [0.15, 0.2) is 6.61 Å². The number of halogens is 1. The normalized spacial score (nSPS) is 12.1. The van der Waals surface area contributed by atoms with Crippen LogP contribution in [-0.4, -0.2) is 36.1 Å². The van der Waals surface area contributed by atoms with Gasteiger partial charge in [-0.05, 0) is 32.0 Å². The fourth-order valence-electron chi connectivity index (χ4n) is 1.40. The van der Waals surface area contributed by atoms with Gasteiger partial charge in [0, 0.05) is 19.2 Å². The van der Waals surface area contributed by atoms with Crippen molar-refractivity contribution in [2.24, 2.45) is 0 Å². The molecule has 0 aliphatic heterocycles. The Labute approximate surface area is 106 Å². The Morgan fingerprint density at radius 3 is 2.78 bits per heavy atom. The predicted molar refractivity (Wildman–Crippen MR) is 65.8 cm³/mol. The minimum Gasteiger partial charge on any atom is -0.483 e. The molecule has 1 rings (SSSR count). The largest absolute Gasteiger partial charge is 0.483 e. The summed E-state index contributed by atoms with van der Waals surface area (Å²) in [5, 5.41) is 9.51. The van der Waals surface area contributed by atoms with Gasteiger partial charge in [0.05, 0.1) is 6.10 Å². The molecule has 100 valence electrons. The van der Waals surface area contributed by atoms with Gasteiger partial charge < -0.3 is 14.7 Å². The van der Waals surface area contributed by atoms with Crippen LogP contribution in [0.2, 0.25) is 0 Å². The van der Waals surface area contributed by atoms with E-state index in [-0.39, 0.29) is 12.5 Å². The summed E-state index contributed by atoms with van der Waals surface area (Å²) in [7, 11) is 1.67. The molecule has 1 aromatic rings. The number of benzene rings is 1. The van der Waals surface area contributed by atoms with Gasteiger partial charge in [-0.25, -0.2) is 4.39 Å². The zero-order valence-corrected chi connectivity index (χ0v) is 10.8. The highest BCUT2D eigenvalue weighted by molar-refractivity contribution is 5.77. The Morgan fingerprint density at radius 1 is 1.56 bits per heavy atom. The molecule has 0 heterocycles. The Kier molecular flexibility index (Phi) is 5.09. The first-order chi connectivity index (χ1) is 8.45. The average molecular weight is 255 g/mol. The van der Waals surface area contributed by atoms with Crippen LogP contribution < -0.4 is 4.74 Å². The van der Waals surface area contributed by atoms with Crippen LogP contribution in [0.4, 0.5) is 4.39 Å².